The summed E-state index contributed by atoms with van der Waals surface area (Å²) in [4.78, 5) is 4.19. The second kappa shape index (κ2) is 3.53. The summed E-state index contributed by atoms with van der Waals surface area (Å²) in [6, 6.07) is 0. The summed E-state index contributed by atoms with van der Waals surface area (Å²) in [5.74, 6) is 0. The fourth-order valence-corrected chi connectivity index (χ4v) is 1.29. The van der Waals surface area contributed by atoms with E-state index < -0.39 is 0 Å². The Morgan fingerprint density at radius 1 is 1.64 bits per heavy atom. The molecule has 0 aliphatic carbocycles. The Balaban J connectivity index is 2.84. The lowest BCUT2D eigenvalue weighted by atomic mass is 10.0. The predicted molar refractivity (Wildman–Crippen MR) is 47.7 cm³/mol. The van der Waals surface area contributed by atoms with Crippen molar-refractivity contribution in [2.45, 2.75) is 13.3 Å². The molecule has 1 aliphatic heterocycles. The third-order valence-corrected chi connectivity index (χ3v) is 1.93. The van der Waals surface area contributed by atoms with Gasteiger partial charge >= 0.3 is 0 Å². The molecule has 0 radical (unpaired) electrons. The summed E-state index contributed by atoms with van der Waals surface area (Å²) in [7, 11) is 1.82. The van der Waals surface area contributed by atoms with Crippen LogP contribution in [0.3, 0.4) is 0 Å². The zero-order chi connectivity index (χ0) is 8.27. The molecule has 1 rings (SSSR count). The molecule has 0 aromatic heterocycles. The van der Waals surface area contributed by atoms with Crippen LogP contribution in [-0.4, -0.2) is 25.8 Å². The molecule has 0 unspecified atom stereocenters. The molecular formula is C8H15N3. The van der Waals surface area contributed by atoms with E-state index in [9.17, 15) is 0 Å². The molecule has 1 saturated heterocycles. The van der Waals surface area contributed by atoms with Gasteiger partial charge in [-0.3, -0.25) is 4.99 Å². The number of hydrogen-bond acceptors (Lipinski definition) is 3. The molecule has 0 spiro atoms. The van der Waals surface area contributed by atoms with Crippen LogP contribution in [0.5, 0.6) is 0 Å². The largest absolute Gasteiger partial charge is 0.402 e. The van der Waals surface area contributed by atoms with Gasteiger partial charge in [-0.1, -0.05) is 0 Å². The van der Waals surface area contributed by atoms with E-state index in [1.807, 2.05) is 14.0 Å². The van der Waals surface area contributed by atoms with E-state index in [0.717, 1.165) is 30.9 Å². The molecule has 1 fully saturated rings. The molecule has 0 atom stereocenters. The van der Waals surface area contributed by atoms with E-state index in [2.05, 4.69) is 10.3 Å². The second-order valence-electron chi connectivity index (χ2n) is 2.76. The van der Waals surface area contributed by atoms with Crippen LogP contribution in [0.15, 0.2) is 16.3 Å². The van der Waals surface area contributed by atoms with Crippen molar-refractivity contribution < 1.29 is 0 Å². The van der Waals surface area contributed by atoms with Crippen LogP contribution >= 0.6 is 0 Å². The van der Waals surface area contributed by atoms with Gasteiger partial charge in [0.15, 0.2) is 0 Å². The van der Waals surface area contributed by atoms with Crippen molar-refractivity contribution in [1.82, 2.24) is 5.32 Å². The van der Waals surface area contributed by atoms with Crippen molar-refractivity contribution >= 4 is 5.71 Å². The van der Waals surface area contributed by atoms with Crippen molar-refractivity contribution in [1.29, 1.82) is 0 Å². The second-order valence-corrected chi connectivity index (χ2v) is 2.76. The summed E-state index contributed by atoms with van der Waals surface area (Å²) >= 11 is 0. The topological polar surface area (TPSA) is 50.4 Å². The average Bonchev–Trinajstić information content (AvgIpc) is 2.04. The first kappa shape index (κ1) is 8.27. The van der Waals surface area contributed by atoms with Gasteiger partial charge in [0.25, 0.3) is 0 Å². The first-order valence-electron chi connectivity index (χ1n) is 3.87. The number of hydrogen-bond donors (Lipinski definition) is 2. The fourth-order valence-electron chi connectivity index (χ4n) is 1.29. The third-order valence-electron chi connectivity index (χ3n) is 1.93. The maximum atomic E-state index is 5.69. The van der Waals surface area contributed by atoms with Gasteiger partial charge in [-0.05, 0) is 6.92 Å². The smallest absolute Gasteiger partial charge is 0.0419 e. The summed E-state index contributed by atoms with van der Waals surface area (Å²) in [6.07, 6.45) is 1.00. The number of nitrogens with two attached hydrogens (primary N) is 1. The Hall–Kier alpha value is -0.830. The van der Waals surface area contributed by atoms with Crippen LogP contribution in [0.1, 0.15) is 13.3 Å². The van der Waals surface area contributed by atoms with Gasteiger partial charge in [0, 0.05) is 43.5 Å². The van der Waals surface area contributed by atoms with E-state index in [1.165, 1.54) is 5.57 Å². The Morgan fingerprint density at radius 2 is 2.36 bits per heavy atom. The van der Waals surface area contributed by atoms with Crippen molar-refractivity contribution in [3.05, 3.63) is 11.3 Å². The van der Waals surface area contributed by atoms with Crippen molar-refractivity contribution in [2.75, 3.05) is 20.1 Å². The van der Waals surface area contributed by atoms with Gasteiger partial charge in [-0.2, -0.15) is 0 Å². The lowest BCUT2D eigenvalue weighted by Gasteiger charge is -2.18. The van der Waals surface area contributed by atoms with E-state index in [1.54, 1.807) is 0 Å². The summed E-state index contributed by atoms with van der Waals surface area (Å²) < 4.78 is 0. The minimum Gasteiger partial charge on any atom is -0.402 e. The first-order chi connectivity index (χ1) is 5.25. The molecule has 3 heteroatoms. The highest BCUT2D eigenvalue weighted by molar-refractivity contribution is 6.01. The normalized spacial score (nSPS) is 27.3. The van der Waals surface area contributed by atoms with Crippen LogP contribution in [0.2, 0.25) is 0 Å². The predicted octanol–water partition coefficient (Wildman–Crippen LogP) is 0.283. The van der Waals surface area contributed by atoms with Gasteiger partial charge in [-0.15, -0.1) is 0 Å². The van der Waals surface area contributed by atoms with E-state index >= 15 is 0 Å². The monoisotopic (exact) mass is 153 g/mol. The Labute approximate surface area is 67.4 Å². The van der Waals surface area contributed by atoms with Crippen LogP contribution in [0.4, 0.5) is 0 Å². The Bertz CT molecular complexity index is 199. The molecule has 3 N–H and O–H groups in total. The molecule has 0 aromatic carbocycles. The van der Waals surface area contributed by atoms with E-state index in [0.29, 0.717) is 0 Å². The minimum atomic E-state index is 0.870. The van der Waals surface area contributed by atoms with Gasteiger partial charge in [0.2, 0.25) is 0 Å². The number of allylic oxidation sites excluding steroid dienone is 1. The minimum absolute atomic E-state index is 0.870. The first-order valence-corrected chi connectivity index (χ1v) is 3.87. The van der Waals surface area contributed by atoms with Crippen molar-refractivity contribution in [2.24, 2.45) is 10.7 Å². The molecule has 1 heterocycles. The molecule has 11 heavy (non-hydrogen) atoms. The SMILES string of the molecule is CN=C1CCNCC1=C(C)N. The number of nitrogens with zero attached hydrogens (tertiary/aromatic N) is 1. The highest BCUT2D eigenvalue weighted by atomic mass is 14.9. The molecule has 0 bridgehead atoms. The average molecular weight is 153 g/mol. The maximum absolute atomic E-state index is 5.69. The number of rotatable bonds is 0. The standard InChI is InChI=1S/C8H15N3/c1-6(9)7-5-11-4-3-8(7)10-2/h11H,3-5,9H2,1-2H3. The van der Waals surface area contributed by atoms with Gasteiger partial charge in [0.1, 0.15) is 0 Å². The molecule has 3 nitrogen and oxygen atoms in total. The summed E-state index contributed by atoms with van der Waals surface area (Å²) in [5, 5.41) is 3.26. The lowest BCUT2D eigenvalue weighted by molar-refractivity contribution is 0.724. The number of nitrogens with one attached hydrogen (secondary N) is 1. The molecule has 0 aromatic rings. The number of aliphatic imine (C=N–C) groups is 1. The molecule has 1 aliphatic rings. The van der Waals surface area contributed by atoms with Gasteiger partial charge < -0.3 is 11.1 Å². The zero-order valence-corrected chi connectivity index (χ0v) is 7.15. The highest BCUT2D eigenvalue weighted by Gasteiger charge is 2.12. The lowest BCUT2D eigenvalue weighted by Crippen LogP contribution is -2.32. The zero-order valence-electron chi connectivity index (χ0n) is 7.15. The van der Waals surface area contributed by atoms with Gasteiger partial charge in [-0.25, -0.2) is 0 Å². The van der Waals surface area contributed by atoms with Crippen LogP contribution < -0.4 is 11.1 Å². The van der Waals surface area contributed by atoms with Crippen LogP contribution in [-0.2, 0) is 0 Å². The quantitative estimate of drug-likeness (QED) is 0.525. The molecule has 0 saturated carbocycles. The van der Waals surface area contributed by atoms with Crippen LogP contribution in [0, 0.1) is 0 Å². The molecule has 0 amide bonds. The summed E-state index contributed by atoms with van der Waals surface area (Å²) in [5.41, 5.74) is 8.91. The fraction of sp³-hybridized carbons (Fsp3) is 0.625. The number of piperidine rings is 1. The van der Waals surface area contributed by atoms with Crippen LogP contribution in [0.25, 0.3) is 0 Å². The molecule has 62 valence electrons. The highest BCUT2D eigenvalue weighted by Crippen LogP contribution is 2.08. The maximum Gasteiger partial charge on any atom is 0.0419 e. The van der Waals surface area contributed by atoms with Gasteiger partial charge in [0.05, 0.1) is 0 Å². The Morgan fingerprint density at radius 3 is 2.82 bits per heavy atom. The third kappa shape index (κ3) is 1.80. The van der Waals surface area contributed by atoms with Crippen molar-refractivity contribution in [3.8, 4) is 0 Å². The van der Waals surface area contributed by atoms with E-state index in [4.69, 9.17) is 5.73 Å². The molecular weight excluding hydrogens is 138 g/mol. The Kier molecular flexibility index (Phi) is 2.65. The van der Waals surface area contributed by atoms with E-state index in [-0.39, 0.29) is 0 Å². The van der Waals surface area contributed by atoms with Crippen molar-refractivity contribution in [3.63, 3.8) is 0 Å². The summed E-state index contributed by atoms with van der Waals surface area (Å²) in [6.45, 7) is 3.81.